The highest BCUT2D eigenvalue weighted by Gasteiger charge is 2.25. The fourth-order valence-electron chi connectivity index (χ4n) is 3.02. The topological polar surface area (TPSA) is 77.0 Å². The third-order valence-electron chi connectivity index (χ3n) is 4.56. The van der Waals surface area contributed by atoms with Gasteiger partial charge in [-0.3, -0.25) is 9.59 Å². The average Bonchev–Trinajstić information content (AvgIpc) is 3.14. The van der Waals surface area contributed by atoms with Gasteiger partial charge in [0, 0.05) is 51.8 Å². The summed E-state index contributed by atoms with van der Waals surface area (Å²) in [6, 6.07) is 7.75. The molecule has 1 fully saturated rings. The Balaban J connectivity index is 0.00000392. The standard InChI is InChI=1S/C20H31N5O2.HI/c1-5-18(26)25-12-11-17(14-25)23-20(21-6-2)22-13-15-7-9-16(10-8-15)19(27)24(3)4;/h7-10,17H,5-6,11-14H2,1-4H3,(H2,21,22,23);1H. The van der Waals surface area contributed by atoms with Gasteiger partial charge in [-0.05, 0) is 31.0 Å². The van der Waals surface area contributed by atoms with E-state index in [1.165, 1.54) is 0 Å². The normalized spacial score (nSPS) is 16.4. The van der Waals surface area contributed by atoms with E-state index in [0.29, 0.717) is 18.5 Å². The van der Waals surface area contributed by atoms with E-state index >= 15 is 0 Å². The quantitative estimate of drug-likeness (QED) is 0.356. The smallest absolute Gasteiger partial charge is 0.253 e. The van der Waals surface area contributed by atoms with E-state index in [-0.39, 0.29) is 41.8 Å². The van der Waals surface area contributed by atoms with Crippen LogP contribution in [0.15, 0.2) is 29.3 Å². The lowest BCUT2D eigenvalue weighted by atomic mass is 10.1. The number of benzene rings is 1. The van der Waals surface area contributed by atoms with Crippen LogP contribution in [0.4, 0.5) is 0 Å². The number of halogens is 1. The van der Waals surface area contributed by atoms with Crippen LogP contribution in [-0.2, 0) is 11.3 Å². The van der Waals surface area contributed by atoms with Crippen LogP contribution in [0.25, 0.3) is 0 Å². The summed E-state index contributed by atoms with van der Waals surface area (Å²) in [5.74, 6) is 0.947. The molecule has 1 saturated heterocycles. The van der Waals surface area contributed by atoms with E-state index in [9.17, 15) is 9.59 Å². The van der Waals surface area contributed by atoms with Crippen molar-refractivity contribution in [3.63, 3.8) is 0 Å². The molecule has 1 unspecified atom stereocenters. The number of rotatable bonds is 6. The van der Waals surface area contributed by atoms with Gasteiger partial charge in [0.1, 0.15) is 0 Å². The van der Waals surface area contributed by atoms with Crippen LogP contribution in [0.5, 0.6) is 0 Å². The summed E-state index contributed by atoms with van der Waals surface area (Å²) in [6.45, 7) is 6.73. The van der Waals surface area contributed by atoms with Gasteiger partial charge in [0.2, 0.25) is 5.91 Å². The number of aliphatic imine (C=N–C) groups is 1. The van der Waals surface area contributed by atoms with Crippen LogP contribution in [0.2, 0.25) is 0 Å². The molecule has 28 heavy (non-hydrogen) atoms. The molecule has 0 saturated carbocycles. The zero-order chi connectivity index (χ0) is 19.8. The van der Waals surface area contributed by atoms with Gasteiger partial charge in [-0.2, -0.15) is 0 Å². The maximum absolute atomic E-state index is 11.9. The second-order valence-corrected chi connectivity index (χ2v) is 6.91. The van der Waals surface area contributed by atoms with Gasteiger partial charge < -0.3 is 20.4 Å². The molecular weight excluding hydrogens is 469 g/mol. The molecule has 2 N–H and O–H groups in total. The van der Waals surface area contributed by atoms with Crippen molar-refractivity contribution in [2.75, 3.05) is 33.7 Å². The van der Waals surface area contributed by atoms with Crippen LogP contribution in [0, 0.1) is 0 Å². The molecule has 0 aromatic heterocycles. The number of carbonyl (C=O) groups excluding carboxylic acids is 2. The molecule has 0 radical (unpaired) electrons. The van der Waals surface area contributed by atoms with Crippen LogP contribution in [0.1, 0.15) is 42.6 Å². The van der Waals surface area contributed by atoms with Crippen molar-refractivity contribution < 1.29 is 9.59 Å². The Morgan fingerprint density at radius 2 is 1.89 bits per heavy atom. The SMILES string of the molecule is CCNC(=NCc1ccc(C(=O)N(C)C)cc1)NC1CCN(C(=O)CC)C1.I. The molecule has 1 aromatic rings. The number of likely N-dealkylation sites (tertiary alicyclic amines) is 1. The molecule has 0 spiro atoms. The largest absolute Gasteiger partial charge is 0.357 e. The molecule has 1 heterocycles. The Hall–Kier alpha value is -1.84. The predicted molar refractivity (Wildman–Crippen MR) is 123 cm³/mol. The van der Waals surface area contributed by atoms with Gasteiger partial charge in [0.25, 0.3) is 5.91 Å². The molecule has 1 aliphatic rings. The molecule has 1 aliphatic heterocycles. The molecule has 1 aromatic carbocycles. The summed E-state index contributed by atoms with van der Waals surface area (Å²) in [5, 5.41) is 6.68. The van der Waals surface area contributed by atoms with Gasteiger partial charge in [-0.1, -0.05) is 19.1 Å². The minimum absolute atomic E-state index is 0. The fraction of sp³-hybridized carbons (Fsp3) is 0.550. The van der Waals surface area contributed by atoms with Gasteiger partial charge in [0.05, 0.1) is 6.54 Å². The highest BCUT2D eigenvalue weighted by atomic mass is 127. The van der Waals surface area contributed by atoms with Crippen molar-refractivity contribution in [2.24, 2.45) is 4.99 Å². The van der Waals surface area contributed by atoms with Crippen LogP contribution in [-0.4, -0.2) is 67.3 Å². The third kappa shape index (κ3) is 6.96. The fourth-order valence-corrected chi connectivity index (χ4v) is 3.02. The van der Waals surface area contributed by atoms with Crippen molar-refractivity contribution in [3.8, 4) is 0 Å². The minimum Gasteiger partial charge on any atom is -0.357 e. The van der Waals surface area contributed by atoms with E-state index in [2.05, 4.69) is 15.6 Å². The van der Waals surface area contributed by atoms with E-state index in [0.717, 1.165) is 37.6 Å². The molecule has 0 bridgehead atoms. The van der Waals surface area contributed by atoms with Gasteiger partial charge in [0.15, 0.2) is 5.96 Å². The highest BCUT2D eigenvalue weighted by molar-refractivity contribution is 14.0. The third-order valence-corrected chi connectivity index (χ3v) is 4.56. The van der Waals surface area contributed by atoms with Crippen molar-refractivity contribution in [2.45, 2.75) is 39.3 Å². The number of carbonyl (C=O) groups is 2. The summed E-state index contributed by atoms with van der Waals surface area (Å²) in [7, 11) is 3.49. The maximum atomic E-state index is 11.9. The first kappa shape index (κ1) is 24.2. The molecule has 1 atom stereocenters. The number of amides is 2. The monoisotopic (exact) mass is 501 g/mol. The van der Waals surface area contributed by atoms with Gasteiger partial charge >= 0.3 is 0 Å². The van der Waals surface area contributed by atoms with E-state index < -0.39 is 0 Å². The lowest BCUT2D eigenvalue weighted by Gasteiger charge is -2.18. The molecule has 156 valence electrons. The van der Waals surface area contributed by atoms with Crippen molar-refractivity contribution in [1.29, 1.82) is 0 Å². The minimum atomic E-state index is -0.00697. The van der Waals surface area contributed by atoms with Crippen molar-refractivity contribution in [3.05, 3.63) is 35.4 Å². The summed E-state index contributed by atoms with van der Waals surface area (Å²) in [4.78, 5) is 31.9. The number of hydrogen-bond donors (Lipinski definition) is 2. The molecule has 2 rings (SSSR count). The Bertz CT molecular complexity index is 676. The van der Waals surface area contributed by atoms with Crippen LogP contribution >= 0.6 is 24.0 Å². The Morgan fingerprint density at radius 3 is 2.46 bits per heavy atom. The predicted octanol–water partition coefficient (Wildman–Crippen LogP) is 2.07. The number of hydrogen-bond acceptors (Lipinski definition) is 3. The van der Waals surface area contributed by atoms with Crippen LogP contribution < -0.4 is 10.6 Å². The Labute approximate surface area is 185 Å². The number of nitrogens with one attached hydrogen (secondary N) is 2. The van der Waals surface area contributed by atoms with E-state index in [4.69, 9.17) is 0 Å². The molecular formula is C20H32IN5O2. The molecule has 7 nitrogen and oxygen atoms in total. The lowest BCUT2D eigenvalue weighted by Crippen LogP contribution is -2.45. The van der Waals surface area contributed by atoms with E-state index in [1.807, 2.05) is 43.0 Å². The summed E-state index contributed by atoms with van der Waals surface area (Å²) >= 11 is 0. The first-order chi connectivity index (χ1) is 12.9. The van der Waals surface area contributed by atoms with Gasteiger partial charge in [-0.25, -0.2) is 4.99 Å². The zero-order valence-electron chi connectivity index (χ0n) is 17.2. The highest BCUT2D eigenvalue weighted by Crippen LogP contribution is 2.11. The number of nitrogens with zero attached hydrogens (tertiary/aromatic N) is 3. The zero-order valence-corrected chi connectivity index (χ0v) is 19.5. The maximum Gasteiger partial charge on any atom is 0.253 e. The molecule has 0 aliphatic carbocycles. The second kappa shape index (κ2) is 11.9. The first-order valence-corrected chi connectivity index (χ1v) is 9.57. The van der Waals surface area contributed by atoms with Crippen molar-refractivity contribution in [1.82, 2.24) is 20.4 Å². The summed E-state index contributed by atoms with van der Waals surface area (Å²) in [6.07, 6.45) is 1.48. The first-order valence-electron chi connectivity index (χ1n) is 9.57. The lowest BCUT2D eigenvalue weighted by molar-refractivity contribution is -0.129. The van der Waals surface area contributed by atoms with E-state index in [1.54, 1.807) is 19.0 Å². The second-order valence-electron chi connectivity index (χ2n) is 6.91. The summed E-state index contributed by atoms with van der Waals surface area (Å²) in [5.41, 5.74) is 1.71. The molecule has 8 heteroatoms. The Morgan fingerprint density at radius 1 is 1.21 bits per heavy atom. The average molecular weight is 501 g/mol. The van der Waals surface area contributed by atoms with Crippen molar-refractivity contribution >= 4 is 41.8 Å². The summed E-state index contributed by atoms with van der Waals surface area (Å²) < 4.78 is 0. The Kier molecular flexibility index (Phi) is 10.3. The van der Waals surface area contributed by atoms with Crippen LogP contribution in [0.3, 0.4) is 0 Å². The number of guanidine groups is 1. The molecule has 2 amide bonds. The van der Waals surface area contributed by atoms with Gasteiger partial charge in [-0.15, -0.1) is 24.0 Å².